The van der Waals surface area contributed by atoms with E-state index in [0.29, 0.717) is 22.7 Å². The number of aromatic nitrogens is 5. The van der Waals surface area contributed by atoms with E-state index in [1.165, 1.54) is 44.7 Å². The third-order valence-corrected chi connectivity index (χ3v) is 5.76. The molecule has 0 radical (unpaired) electrons. The van der Waals surface area contributed by atoms with E-state index in [-0.39, 0.29) is 18.0 Å². The van der Waals surface area contributed by atoms with Crippen LogP contribution >= 0.6 is 11.3 Å². The highest BCUT2D eigenvalue weighted by Crippen LogP contribution is 2.41. The van der Waals surface area contributed by atoms with E-state index in [2.05, 4.69) is 20.0 Å². The number of pyridine rings is 1. The van der Waals surface area contributed by atoms with Crippen molar-refractivity contribution in [2.24, 2.45) is 0 Å². The molecular weight excluding hydrogens is 419 g/mol. The van der Waals surface area contributed by atoms with Crippen LogP contribution in [0.3, 0.4) is 0 Å². The SMILES string of the molecule is O=c1n(Cc2nnc(C3CC3)s2)nc2ccc(-c3ccc(OC(F)(F)F)cc3)cn12. The van der Waals surface area contributed by atoms with E-state index in [9.17, 15) is 18.0 Å². The molecule has 3 aromatic heterocycles. The summed E-state index contributed by atoms with van der Waals surface area (Å²) < 4.78 is 43.5. The minimum absolute atomic E-state index is 0.240. The summed E-state index contributed by atoms with van der Waals surface area (Å²) in [5.41, 5.74) is 1.44. The summed E-state index contributed by atoms with van der Waals surface area (Å²) in [6, 6.07) is 8.89. The number of hydrogen-bond donors (Lipinski definition) is 0. The number of ether oxygens (including phenoxy) is 1. The fourth-order valence-electron chi connectivity index (χ4n) is 3.10. The lowest BCUT2D eigenvalue weighted by atomic mass is 10.1. The molecule has 0 unspecified atom stereocenters. The minimum Gasteiger partial charge on any atom is -0.406 e. The van der Waals surface area contributed by atoms with Gasteiger partial charge in [-0.1, -0.05) is 23.5 Å². The summed E-state index contributed by atoms with van der Waals surface area (Å²) in [7, 11) is 0. The smallest absolute Gasteiger partial charge is 0.406 e. The molecule has 1 aromatic carbocycles. The first-order valence-electron chi connectivity index (χ1n) is 9.13. The zero-order chi connectivity index (χ0) is 20.9. The van der Waals surface area contributed by atoms with Crippen molar-refractivity contribution in [1.29, 1.82) is 0 Å². The van der Waals surface area contributed by atoms with E-state index in [4.69, 9.17) is 0 Å². The van der Waals surface area contributed by atoms with Gasteiger partial charge in [-0.15, -0.1) is 28.5 Å². The zero-order valence-electron chi connectivity index (χ0n) is 15.3. The van der Waals surface area contributed by atoms with Gasteiger partial charge < -0.3 is 4.74 Å². The van der Waals surface area contributed by atoms with Crippen LogP contribution in [0.15, 0.2) is 47.4 Å². The Hall–Kier alpha value is -3.21. The fourth-order valence-corrected chi connectivity index (χ4v) is 4.09. The predicted molar refractivity (Wildman–Crippen MR) is 103 cm³/mol. The molecule has 4 aromatic rings. The molecule has 154 valence electrons. The quantitative estimate of drug-likeness (QED) is 0.478. The second-order valence-electron chi connectivity index (χ2n) is 6.97. The van der Waals surface area contributed by atoms with Crippen LogP contribution in [0, 0.1) is 0 Å². The Balaban J connectivity index is 1.41. The summed E-state index contributed by atoms with van der Waals surface area (Å²) in [5.74, 6) is 0.199. The average molecular weight is 433 g/mol. The van der Waals surface area contributed by atoms with Gasteiger partial charge in [0.05, 0.1) is 0 Å². The number of rotatable bonds is 5. The molecule has 0 spiro atoms. The van der Waals surface area contributed by atoms with Crippen molar-refractivity contribution in [3.8, 4) is 16.9 Å². The normalized spacial score (nSPS) is 14.4. The Labute approximate surface area is 171 Å². The second-order valence-corrected chi connectivity index (χ2v) is 8.06. The maximum absolute atomic E-state index is 12.8. The van der Waals surface area contributed by atoms with Crippen molar-refractivity contribution in [2.45, 2.75) is 31.7 Å². The Bertz CT molecular complexity index is 1270. The Kier molecular flexibility index (Phi) is 4.35. The van der Waals surface area contributed by atoms with Gasteiger partial charge in [-0.2, -0.15) is 0 Å². The topological polar surface area (TPSA) is 74.3 Å². The summed E-state index contributed by atoms with van der Waals surface area (Å²) in [6.45, 7) is 0.240. The standard InChI is InChI=1S/C19H14F3N5O2S/c20-19(21,22)29-14-6-3-11(4-7-14)13-5-8-15-25-27(18(28)26(15)9-13)10-16-23-24-17(30-16)12-1-2-12/h3-9,12H,1-2,10H2. The molecule has 0 aliphatic heterocycles. The lowest BCUT2D eigenvalue weighted by Gasteiger charge is -2.09. The van der Waals surface area contributed by atoms with Gasteiger partial charge in [-0.25, -0.2) is 13.9 Å². The summed E-state index contributed by atoms with van der Waals surface area (Å²) >= 11 is 1.50. The molecule has 1 aliphatic rings. The first-order chi connectivity index (χ1) is 14.4. The number of halogens is 3. The molecule has 0 N–H and O–H groups in total. The van der Waals surface area contributed by atoms with E-state index in [1.807, 2.05) is 0 Å². The van der Waals surface area contributed by atoms with Crippen LogP contribution in [0.1, 0.15) is 28.8 Å². The number of nitrogens with zero attached hydrogens (tertiary/aromatic N) is 5. The van der Waals surface area contributed by atoms with Gasteiger partial charge in [0.15, 0.2) is 5.65 Å². The molecule has 7 nitrogen and oxygen atoms in total. The third-order valence-electron chi connectivity index (χ3n) is 4.69. The molecule has 3 heterocycles. The van der Waals surface area contributed by atoms with Gasteiger partial charge in [0.2, 0.25) is 0 Å². The predicted octanol–water partition coefficient (Wildman–Crippen LogP) is 3.84. The number of fused-ring (bicyclic) bond motifs is 1. The lowest BCUT2D eigenvalue weighted by Crippen LogP contribution is -2.21. The van der Waals surface area contributed by atoms with Crippen molar-refractivity contribution in [3.05, 3.63) is 63.1 Å². The average Bonchev–Trinajstić information content (AvgIpc) is 3.38. The largest absolute Gasteiger partial charge is 0.573 e. The van der Waals surface area contributed by atoms with Crippen molar-refractivity contribution in [1.82, 2.24) is 24.4 Å². The molecule has 1 fully saturated rings. The highest BCUT2D eigenvalue weighted by atomic mass is 32.1. The Morgan fingerprint density at radius 1 is 1.07 bits per heavy atom. The first-order valence-corrected chi connectivity index (χ1v) is 9.95. The van der Waals surface area contributed by atoms with Gasteiger partial charge in [-0.05, 0) is 48.2 Å². The van der Waals surface area contributed by atoms with Crippen molar-refractivity contribution in [3.63, 3.8) is 0 Å². The highest BCUT2D eigenvalue weighted by molar-refractivity contribution is 7.11. The van der Waals surface area contributed by atoms with Crippen LogP contribution in [-0.2, 0) is 6.54 Å². The minimum atomic E-state index is -4.74. The maximum atomic E-state index is 12.8. The molecule has 1 aliphatic carbocycles. The summed E-state index contributed by atoms with van der Waals surface area (Å²) in [5, 5.41) is 14.4. The van der Waals surface area contributed by atoms with Gasteiger partial charge in [0.1, 0.15) is 22.3 Å². The van der Waals surface area contributed by atoms with Crippen LogP contribution in [0.5, 0.6) is 5.75 Å². The zero-order valence-corrected chi connectivity index (χ0v) is 16.2. The Morgan fingerprint density at radius 2 is 1.80 bits per heavy atom. The molecular formula is C19H14F3N5O2S. The van der Waals surface area contributed by atoms with E-state index < -0.39 is 6.36 Å². The molecule has 1 saturated carbocycles. The fraction of sp³-hybridized carbons (Fsp3) is 0.263. The van der Waals surface area contributed by atoms with Gasteiger partial charge >= 0.3 is 12.1 Å². The van der Waals surface area contributed by atoms with Crippen molar-refractivity contribution < 1.29 is 17.9 Å². The van der Waals surface area contributed by atoms with Gasteiger partial charge in [0.25, 0.3) is 0 Å². The highest BCUT2D eigenvalue weighted by Gasteiger charge is 2.31. The van der Waals surface area contributed by atoms with E-state index >= 15 is 0 Å². The molecule has 30 heavy (non-hydrogen) atoms. The summed E-state index contributed by atoms with van der Waals surface area (Å²) in [6.07, 6.45) is -0.866. The van der Waals surface area contributed by atoms with Gasteiger partial charge in [0, 0.05) is 12.1 Å². The van der Waals surface area contributed by atoms with Gasteiger partial charge in [-0.3, -0.25) is 0 Å². The first kappa shape index (κ1) is 18.8. The summed E-state index contributed by atoms with van der Waals surface area (Å²) in [4.78, 5) is 12.8. The number of alkyl halides is 3. The second kappa shape index (κ2) is 6.94. The molecule has 0 amide bonds. The number of hydrogen-bond acceptors (Lipinski definition) is 6. The molecule has 0 bridgehead atoms. The lowest BCUT2D eigenvalue weighted by molar-refractivity contribution is -0.274. The molecule has 5 rings (SSSR count). The maximum Gasteiger partial charge on any atom is 0.573 e. The number of benzene rings is 1. The van der Waals surface area contributed by atoms with Crippen molar-refractivity contribution in [2.75, 3.05) is 0 Å². The van der Waals surface area contributed by atoms with Crippen LogP contribution in [0.4, 0.5) is 13.2 Å². The third kappa shape index (κ3) is 3.80. The van der Waals surface area contributed by atoms with E-state index in [0.717, 1.165) is 22.9 Å². The van der Waals surface area contributed by atoms with Crippen LogP contribution in [0.2, 0.25) is 0 Å². The monoisotopic (exact) mass is 433 g/mol. The van der Waals surface area contributed by atoms with E-state index in [1.54, 1.807) is 18.3 Å². The van der Waals surface area contributed by atoms with Crippen LogP contribution in [0.25, 0.3) is 16.8 Å². The van der Waals surface area contributed by atoms with Crippen LogP contribution < -0.4 is 10.4 Å². The Morgan fingerprint density at radius 3 is 2.50 bits per heavy atom. The van der Waals surface area contributed by atoms with Crippen LogP contribution in [-0.4, -0.2) is 30.7 Å². The van der Waals surface area contributed by atoms with Crippen molar-refractivity contribution >= 4 is 17.0 Å². The molecule has 11 heteroatoms. The molecule has 0 atom stereocenters. The molecule has 0 saturated heterocycles.